The first kappa shape index (κ1) is 42.6. The smallest absolute Gasteiger partial charge is 0.326 e. The molecule has 0 amide bonds. The molecule has 1 fully saturated rings. The van der Waals surface area contributed by atoms with E-state index < -0.39 is 12.0 Å². The maximum atomic E-state index is 14.2. The number of hydrogen-bond donors (Lipinski definition) is 2. The Kier molecular flexibility index (Phi) is 13.2. The molecule has 1 aliphatic rings. The largest absolute Gasteiger partial charge is 0.496 e. The number of carbonyl (C=O) groups is 1. The van der Waals surface area contributed by atoms with Crippen molar-refractivity contribution in [1.82, 2.24) is 24.8 Å². The standard InChI is InChI=1S/C48H46ClFN6O5S/c1-30-35(16-17-40(44(30)49)60-27-26-56-24-22-55(2)23-25-56)42-43-41(62-45(42)31-12-14-33(50)15-13-31)19-21-52-47(43)54-37(48(57)58)28-32-8-4-6-10-38(32)61-29-34-18-20-51-46(53-34)36-9-5-7-11-39(36)59-3/h4-21,37H,22-29H2,1-3H3,(H,52,54)(H,57,58). The molecule has 1 aliphatic heterocycles. The summed E-state index contributed by atoms with van der Waals surface area (Å²) in [7, 11) is 3.74. The average Bonchev–Trinajstić information content (AvgIpc) is 3.68. The van der Waals surface area contributed by atoms with E-state index in [9.17, 15) is 14.3 Å². The molecule has 14 heteroatoms. The van der Waals surface area contributed by atoms with Gasteiger partial charge in [0.05, 0.1) is 23.4 Å². The third-order valence-electron chi connectivity index (χ3n) is 11.0. The highest BCUT2D eigenvalue weighted by atomic mass is 35.5. The van der Waals surface area contributed by atoms with Crippen LogP contribution in [0.25, 0.3) is 43.0 Å². The number of fused-ring (bicyclic) bond motifs is 1. The summed E-state index contributed by atoms with van der Waals surface area (Å²) in [6, 6.07) is 27.7. The number of carboxylic acid groups (broad SMARTS) is 1. The van der Waals surface area contributed by atoms with Crippen molar-refractivity contribution >= 4 is 44.8 Å². The fraction of sp³-hybridized carbons (Fsp3) is 0.250. The molecule has 4 aromatic carbocycles. The Morgan fingerprint density at radius 3 is 2.40 bits per heavy atom. The lowest BCUT2D eigenvalue weighted by Crippen LogP contribution is -2.45. The number of benzene rings is 4. The number of hydrogen-bond acceptors (Lipinski definition) is 11. The van der Waals surface area contributed by atoms with Gasteiger partial charge in [-0.1, -0.05) is 60.1 Å². The van der Waals surface area contributed by atoms with E-state index in [1.807, 2.05) is 73.7 Å². The van der Waals surface area contributed by atoms with Gasteiger partial charge >= 0.3 is 5.97 Å². The second-order valence-electron chi connectivity index (χ2n) is 15.1. The van der Waals surface area contributed by atoms with Crippen LogP contribution in [0, 0.1) is 12.7 Å². The number of methoxy groups -OCH3 is 1. The summed E-state index contributed by atoms with van der Waals surface area (Å²) in [4.78, 5) is 32.5. The van der Waals surface area contributed by atoms with Crippen molar-refractivity contribution in [3.05, 3.63) is 137 Å². The highest BCUT2D eigenvalue weighted by molar-refractivity contribution is 7.23. The molecule has 7 aromatic rings. The zero-order chi connectivity index (χ0) is 43.2. The number of anilines is 1. The predicted octanol–water partition coefficient (Wildman–Crippen LogP) is 9.51. The van der Waals surface area contributed by atoms with Gasteiger partial charge in [0.15, 0.2) is 5.82 Å². The number of pyridine rings is 1. The number of nitrogens with one attached hydrogen (secondary N) is 1. The summed E-state index contributed by atoms with van der Waals surface area (Å²) in [5.74, 6) is 1.25. The molecule has 62 heavy (non-hydrogen) atoms. The first-order valence-electron chi connectivity index (χ1n) is 20.3. The average molecular weight is 873 g/mol. The highest BCUT2D eigenvalue weighted by Gasteiger charge is 2.27. The number of carboxylic acids is 1. The molecular weight excluding hydrogens is 827 g/mol. The van der Waals surface area contributed by atoms with Crippen LogP contribution in [-0.2, 0) is 17.8 Å². The molecule has 1 saturated heterocycles. The van der Waals surface area contributed by atoms with Gasteiger partial charge in [-0.25, -0.2) is 24.1 Å². The Balaban J connectivity index is 1.08. The minimum atomic E-state index is -1.10. The van der Waals surface area contributed by atoms with Crippen LogP contribution in [0.5, 0.6) is 17.2 Å². The van der Waals surface area contributed by atoms with Crippen molar-refractivity contribution in [3.8, 4) is 50.2 Å². The van der Waals surface area contributed by atoms with Crippen molar-refractivity contribution in [1.29, 1.82) is 0 Å². The van der Waals surface area contributed by atoms with Crippen molar-refractivity contribution in [3.63, 3.8) is 0 Å². The Hall–Kier alpha value is -6.12. The lowest BCUT2D eigenvalue weighted by Gasteiger charge is -2.32. The van der Waals surface area contributed by atoms with Crippen molar-refractivity contribution < 1.29 is 28.5 Å². The molecule has 0 radical (unpaired) electrons. The molecule has 0 bridgehead atoms. The molecule has 4 heterocycles. The summed E-state index contributed by atoms with van der Waals surface area (Å²) in [5, 5.41) is 15.2. The third-order valence-corrected chi connectivity index (χ3v) is 12.7. The van der Waals surface area contributed by atoms with Crippen LogP contribution >= 0.6 is 22.9 Å². The molecule has 318 valence electrons. The minimum Gasteiger partial charge on any atom is -0.496 e. The fourth-order valence-electron chi connectivity index (χ4n) is 7.60. The number of para-hydroxylation sites is 2. The zero-order valence-corrected chi connectivity index (χ0v) is 36.2. The van der Waals surface area contributed by atoms with Crippen molar-refractivity contribution in [2.75, 3.05) is 58.8 Å². The molecule has 3 aromatic heterocycles. The Bertz CT molecular complexity index is 2690. The zero-order valence-electron chi connectivity index (χ0n) is 34.6. The normalized spacial score (nSPS) is 13.8. The number of halogens is 2. The molecule has 8 rings (SSSR count). The van der Waals surface area contributed by atoms with E-state index in [4.69, 9.17) is 35.8 Å². The van der Waals surface area contributed by atoms with Gasteiger partial charge in [-0.2, -0.15) is 0 Å². The number of rotatable bonds is 16. The second kappa shape index (κ2) is 19.3. The van der Waals surface area contributed by atoms with Crippen LogP contribution in [0.3, 0.4) is 0 Å². The van der Waals surface area contributed by atoms with Crippen LogP contribution in [0.15, 0.2) is 109 Å². The lowest BCUT2D eigenvalue weighted by atomic mass is 9.95. The molecule has 1 atom stereocenters. The van der Waals surface area contributed by atoms with Crippen molar-refractivity contribution in [2.45, 2.75) is 26.0 Å². The van der Waals surface area contributed by atoms with E-state index in [2.05, 4.69) is 27.1 Å². The highest BCUT2D eigenvalue weighted by Crippen LogP contribution is 2.49. The Morgan fingerprint density at radius 2 is 1.63 bits per heavy atom. The van der Waals surface area contributed by atoms with Crippen LogP contribution < -0.4 is 19.5 Å². The van der Waals surface area contributed by atoms with Crippen LogP contribution in [0.4, 0.5) is 10.2 Å². The third kappa shape index (κ3) is 9.51. The van der Waals surface area contributed by atoms with Crippen LogP contribution in [-0.4, -0.2) is 95.4 Å². The quantitative estimate of drug-likeness (QED) is 0.0966. The van der Waals surface area contributed by atoms with E-state index in [-0.39, 0.29) is 18.8 Å². The van der Waals surface area contributed by atoms with Gasteiger partial charge in [0.1, 0.15) is 48.1 Å². The molecule has 0 saturated carbocycles. The minimum absolute atomic E-state index is 0.0785. The monoisotopic (exact) mass is 872 g/mol. The predicted molar refractivity (Wildman–Crippen MR) is 243 cm³/mol. The summed E-state index contributed by atoms with van der Waals surface area (Å²) in [6.45, 7) is 7.41. The van der Waals surface area contributed by atoms with Gasteiger partial charge in [0.2, 0.25) is 0 Å². The number of aliphatic carboxylic acids is 1. The Labute approximate surface area is 368 Å². The molecule has 0 spiro atoms. The number of ether oxygens (including phenoxy) is 3. The molecule has 0 aliphatic carbocycles. The summed E-state index contributed by atoms with van der Waals surface area (Å²) < 4.78 is 33.1. The molecule has 2 N–H and O–H groups in total. The lowest BCUT2D eigenvalue weighted by molar-refractivity contribution is -0.137. The maximum absolute atomic E-state index is 14.2. The maximum Gasteiger partial charge on any atom is 0.326 e. The number of aromatic nitrogens is 3. The van der Waals surface area contributed by atoms with E-state index in [0.29, 0.717) is 51.8 Å². The van der Waals surface area contributed by atoms with Crippen molar-refractivity contribution in [2.24, 2.45) is 0 Å². The van der Waals surface area contributed by atoms with Crippen LogP contribution in [0.2, 0.25) is 5.02 Å². The van der Waals surface area contributed by atoms with Crippen LogP contribution in [0.1, 0.15) is 16.8 Å². The van der Waals surface area contributed by atoms with Gasteiger partial charge < -0.3 is 29.5 Å². The van der Waals surface area contributed by atoms with Gasteiger partial charge in [-0.05, 0) is 84.8 Å². The topological polar surface area (TPSA) is 122 Å². The van der Waals surface area contributed by atoms with E-state index in [1.165, 1.54) is 23.5 Å². The molecule has 11 nitrogen and oxygen atoms in total. The second-order valence-corrected chi connectivity index (χ2v) is 16.5. The first-order chi connectivity index (χ1) is 30.2. The number of thiophene rings is 1. The molecular formula is C48H46ClFN6O5S. The van der Waals surface area contributed by atoms with Gasteiger partial charge in [0, 0.05) is 72.1 Å². The first-order valence-corrected chi connectivity index (χ1v) is 21.5. The Morgan fingerprint density at radius 1 is 0.887 bits per heavy atom. The number of nitrogens with zero attached hydrogens (tertiary/aromatic N) is 5. The number of likely N-dealkylation sites (N-methyl/N-ethyl adjacent to an activating group) is 1. The van der Waals surface area contributed by atoms with Gasteiger partial charge in [0.25, 0.3) is 0 Å². The van der Waals surface area contributed by atoms with Gasteiger partial charge in [-0.3, -0.25) is 4.90 Å². The summed E-state index contributed by atoms with van der Waals surface area (Å²) in [6.07, 6.45) is 3.41. The van der Waals surface area contributed by atoms with E-state index in [0.717, 1.165) is 75.5 Å². The number of piperazine rings is 1. The SMILES string of the molecule is COc1ccccc1-c1nccc(COc2ccccc2CC(Nc2nccc3sc(-c4ccc(F)cc4)c(-c4ccc(OCCN5CCN(C)CC5)c(Cl)c4C)c23)C(=O)O)n1. The van der Waals surface area contributed by atoms with Gasteiger partial charge in [-0.15, -0.1) is 11.3 Å². The summed E-state index contributed by atoms with van der Waals surface area (Å²) >= 11 is 8.60. The van der Waals surface area contributed by atoms with E-state index in [1.54, 1.807) is 37.7 Å². The summed E-state index contributed by atoms with van der Waals surface area (Å²) in [5.41, 5.74) is 5.31. The molecule has 1 unspecified atom stereocenters. The van der Waals surface area contributed by atoms with E-state index >= 15 is 0 Å². The fourth-order valence-corrected chi connectivity index (χ4v) is 9.04.